The van der Waals surface area contributed by atoms with Gasteiger partial charge in [-0.3, -0.25) is 9.55 Å². The first-order valence-electron chi connectivity index (χ1n) is 11.0. The summed E-state index contributed by atoms with van der Waals surface area (Å²) in [6.45, 7) is 3.97. The van der Waals surface area contributed by atoms with Crippen molar-refractivity contribution in [3.05, 3.63) is 65.4 Å². The van der Waals surface area contributed by atoms with Crippen LogP contribution < -0.4 is 4.72 Å². The van der Waals surface area contributed by atoms with Crippen molar-refractivity contribution in [1.82, 2.24) is 24.2 Å². The van der Waals surface area contributed by atoms with Gasteiger partial charge in [-0.2, -0.15) is 23.2 Å². The molecule has 4 aromatic rings. The maximum absolute atomic E-state index is 14.7. The summed E-state index contributed by atoms with van der Waals surface area (Å²) in [5, 5.41) is 10.3. The molecule has 1 unspecified atom stereocenters. The second-order valence-corrected chi connectivity index (χ2v) is 9.97. The van der Waals surface area contributed by atoms with Crippen LogP contribution in [0.25, 0.3) is 28.2 Å². The smallest absolute Gasteiger partial charge is 0.275 e. The molecule has 0 spiro atoms. The lowest BCUT2D eigenvalue weighted by atomic mass is 10.0. The van der Waals surface area contributed by atoms with Crippen molar-refractivity contribution in [2.75, 3.05) is 0 Å². The van der Waals surface area contributed by atoms with Gasteiger partial charge in [-0.15, -0.1) is 0 Å². The maximum atomic E-state index is 14.7. The second kappa shape index (κ2) is 9.53. The van der Waals surface area contributed by atoms with Crippen molar-refractivity contribution in [3.8, 4) is 23.4 Å². The molecule has 0 aliphatic heterocycles. The summed E-state index contributed by atoms with van der Waals surface area (Å²) < 4.78 is 81.7. The zero-order valence-corrected chi connectivity index (χ0v) is 20.6. The SMILES string of the molecule is CCc1cc2c(cc1F)c(C#N)c(-c1ncc(S(=O)(=O)NC(C)C(F)(F)F)cc1C)n2-c1ncccn1. The Morgan fingerprint density at radius 1 is 1.16 bits per heavy atom. The van der Waals surface area contributed by atoms with Gasteiger partial charge in [0, 0.05) is 24.0 Å². The molecule has 0 fully saturated rings. The molecule has 4 rings (SSSR count). The molecular formula is C24H20F4N6O2S. The van der Waals surface area contributed by atoms with E-state index in [1.807, 2.05) is 0 Å². The minimum Gasteiger partial charge on any atom is -0.275 e. The van der Waals surface area contributed by atoms with Gasteiger partial charge < -0.3 is 0 Å². The standard InChI is InChI=1S/C24H20F4N6O2S/c1-4-15-9-20-17(10-19(15)25)18(11-29)22(34(20)23-30-6-5-7-31-23)21-13(2)8-16(12-32-21)37(35,36)33-14(3)24(26,27)28/h5-10,12,14,33H,4H2,1-3H3. The molecule has 3 heterocycles. The molecule has 192 valence electrons. The quantitative estimate of drug-likeness (QED) is 0.364. The molecular weight excluding hydrogens is 512 g/mol. The van der Waals surface area contributed by atoms with Crippen molar-refractivity contribution in [2.45, 2.75) is 44.3 Å². The van der Waals surface area contributed by atoms with Crippen LogP contribution in [0.1, 0.15) is 30.5 Å². The largest absolute Gasteiger partial charge is 0.404 e. The molecule has 3 aromatic heterocycles. The molecule has 0 saturated heterocycles. The van der Waals surface area contributed by atoms with E-state index in [4.69, 9.17) is 0 Å². The summed E-state index contributed by atoms with van der Waals surface area (Å²) in [6.07, 6.45) is -0.524. The average Bonchev–Trinajstić information content (AvgIpc) is 3.15. The number of fused-ring (bicyclic) bond motifs is 1. The van der Waals surface area contributed by atoms with Gasteiger partial charge >= 0.3 is 6.18 Å². The molecule has 1 aromatic carbocycles. The Labute approximate surface area is 209 Å². The predicted molar refractivity (Wildman–Crippen MR) is 127 cm³/mol. The molecule has 0 amide bonds. The fourth-order valence-corrected chi connectivity index (χ4v) is 5.14. The van der Waals surface area contributed by atoms with Gasteiger partial charge in [-0.1, -0.05) is 6.92 Å². The highest BCUT2D eigenvalue weighted by Gasteiger charge is 2.39. The number of nitriles is 1. The topological polar surface area (TPSA) is 114 Å². The number of halogens is 4. The highest BCUT2D eigenvalue weighted by Crippen LogP contribution is 2.37. The Kier molecular flexibility index (Phi) is 6.74. The van der Waals surface area contributed by atoms with Gasteiger partial charge in [0.15, 0.2) is 0 Å². The Morgan fingerprint density at radius 3 is 2.41 bits per heavy atom. The average molecular weight is 533 g/mol. The molecule has 1 N–H and O–H groups in total. The van der Waals surface area contributed by atoms with Crippen LogP contribution in [0.5, 0.6) is 0 Å². The van der Waals surface area contributed by atoms with Gasteiger partial charge in [0.25, 0.3) is 0 Å². The highest BCUT2D eigenvalue weighted by molar-refractivity contribution is 7.89. The summed E-state index contributed by atoms with van der Waals surface area (Å²) in [7, 11) is -4.56. The number of pyridine rings is 1. The first-order valence-corrected chi connectivity index (χ1v) is 12.5. The molecule has 1 atom stereocenters. The summed E-state index contributed by atoms with van der Waals surface area (Å²) >= 11 is 0. The number of sulfonamides is 1. The Bertz CT molecular complexity index is 1640. The molecule has 0 radical (unpaired) electrons. The van der Waals surface area contributed by atoms with Crippen molar-refractivity contribution in [3.63, 3.8) is 0 Å². The zero-order chi connectivity index (χ0) is 27.1. The second-order valence-electron chi connectivity index (χ2n) is 8.26. The number of benzene rings is 1. The van der Waals surface area contributed by atoms with Crippen LogP contribution in [0.4, 0.5) is 17.6 Å². The fourth-order valence-electron chi connectivity index (χ4n) is 3.88. The number of aromatic nitrogens is 4. The molecule has 8 nitrogen and oxygen atoms in total. The number of hydrogen-bond donors (Lipinski definition) is 1. The number of nitrogens with zero attached hydrogens (tertiary/aromatic N) is 5. The van der Waals surface area contributed by atoms with Crippen LogP contribution in [0.3, 0.4) is 0 Å². The third-order valence-electron chi connectivity index (χ3n) is 5.79. The van der Waals surface area contributed by atoms with Crippen LogP contribution in [-0.4, -0.2) is 40.2 Å². The summed E-state index contributed by atoms with van der Waals surface area (Å²) in [4.78, 5) is 12.3. The van der Waals surface area contributed by atoms with E-state index in [9.17, 15) is 31.2 Å². The zero-order valence-electron chi connectivity index (χ0n) is 19.8. The molecule has 0 bridgehead atoms. The van der Waals surface area contributed by atoms with E-state index >= 15 is 0 Å². The van der Waals surface area contributed by atoms with E-state index in [2.05, 4.69) is 21.0 Å². The lowest BCUT2D eigenvalue weighted by molar-refractivity contribution is -0.147. The fraction of sp³-hybridized carbons (Fsp3) is 0.250. The van der Waals surface area contributed by atoms with Crippen molar-refractivity contribution >= 4 is 20.9 Å². The van der Waals surface area contributed by atoms with Crippen molar-refractivity contribution in [1.29, 1.82) is 5.26 Å². The number of nitrogens with one attached hydrogen (secondary N) is 1. The normalized spacial score (nSPS) is 13.0. The van der Waals surface area contributed by atoms with Gasteiger partial charge in [0.05, 0.1) is 22.5 Å². The first-order chi connectivity index (χ1) is 17.4. The van der Waals surface area contributed by atoms with E-state index in [1.165, 1.54) is 30.0 Å². The maximum Gasteiger partial charge on any atom is 0.404 e. The van der Waals surface area contributed by atoms with Crippen molar-refractivity contribution in [2.24, 2.45) is 0 Å². The van der Waals surface area contributed by atoms with Gasteiger partial charge in [0.1, 0.15) is 22.8 Å². The lowest BCUT2D eigenvalue weighted by Crippen LogP contribution is -2.43. The third-order valence-corrected chi connectivity index (χ3v) is 7.30. The number of rotatable bonds is 6. The highest BCUT2D eigenvalue weighted by atomic mass is 32.2. The summed E-state index contributed by atoms with van der Waals surface area (Å²) in [5.74, 6) is -0.337. The molecule has 13 heteroatoms. The van der Waals surface area contributed by atoms with Crippen LogP contribution in [0.2, 0.25) is 0 Å². The summed E-state index contributed by atoms with van der Waals surface area (Å²) in [6, 6.07) is 5.33. The van der Waals surface area contributed by atoms with Crippen LogP contribution in [-0.2, 0) is 16.4 Å². The van der Waals surface area contributed by atoms with E-state index in [0.29, 0.717) is 24.4 Å². The third kappa shape index (κ3) is 4.77. The van der Waals surface area contributed by atoms with E-state index in [-0.39, 0.29) is 33.8 Å². The Balaban J connectivity index is 1.97. The minimum absolute atomic E-state index is 0.0547. The minimum atomic E-state index is -4.78. The number of alkyl halides is 3. The van der Waals surface area contributed by atoms with Gasteiger partial charge in [-0.05, 0) is 55.7 Å². The monoisotopic (exact) mass is 532 g/mol. The molecule has 0 saturated carbocycles. The first kappa shape index (κ1) is 26.2. The predicted octanol–water partition coefficient (Wildman–Crippen LogP) is 4.59. The van der Waals surface area contributed by atoms with E-state index < -0.39 is 33.0 Å². The van der Waals surface area contributed by atoms with Crippen LogP contribution >= 0.6 is 0 Å². The number of aryl methyl sites for hydroxylation is 2. The van der Waals surface area contributed by atoms with E-state index in [0.717, 1.165) is 12.3 Å². The molecule has 37 heavy (non-hydrogen) atoms. The van der Waals surface area contributed by atoms with Crippen LogP contribution in [0, 0.1) is 24.1 Å². The Morgan fingerprint density at radius 2 is 1.84 bits per heavy atom. The summed E-state index contributed by atoms with van der Waals surface area (Å²) in [5.41, 5.74) is 1.48. The van der Waals surface area contributed by atoms with Crippen molar-refractivity contribution < 1.29 is 26.0 Å². The van der Waals surface area contributed by atoms with Crippen LogP contribution in [0.15, 0.2) is 47.8 Å². The van der Waals surface area contributed by atoms with Gasteiger partial charge in [0.2, 0.25) is 16.0 Å². The molecule has 0 aliphatic carbocycles. The van der Waals surface area contributed by atoms with E-state index in [1.54, 1.807) is 23.8 Å². The number of hydrogen-bond acceptors (Lipinski definition) is 6. The lowest BCUT2D eigenvalue weighted by Gasteiger charge is -2.18. The van der Waals surface area contributed by atoms with Gasteiger partial charge in [-0.25, -0.2) is 22.8 Å². The Hall–Kier alpha value is -3.89. The molecule has 0 aliphatic rings.